The minimum atomic E-state index is 0. The molecular formula is C11H17NO. The van der Waals surface area contributed by atoms with Crippen LogP contribution < -0.4 is 10.1 Å². The lowest BCUT2D eigenvalue weighted by atomic mass is 10.1. The normalized spacial score (nSPS) is 15.7. The SMILES string of the molecule is C.c1ccc(OCC2CNC2)cc1. The molecule has 1 aliphatic heterocycles. The molecule has 1 aromatic carbocycles. The van der Waals surface area contributed by atoms with Crippen molar-refractivity contribution in [2.24, 2.45) is 5.92 Å². The van der Waals surface area contributed by atoms with Gasteiger partial charge in [0.15, 0.2) is 0 Å². The van der Waals surface area contributed by atoms with E-state index >= 15 is 0 Å². The van der Waals surface area contributed by atoms with Gasteiger partial charge in [0.1, 0.15) is 5.75 Å². The van der Waals surface area contributed by atoms with E-state index in [9.17, 15) is 0 Å². The fraction of sp³-hybridized carbons (Fsp3) is 0.455. The topological polar surface area (TPSA) is 21.3 Å². The summed E-state index contributed by atoms with van der Waals surface area (Å²) in [6.07, 6.45) is 0. The van der Waals surface area contributed by atoms with Crippen LogP contribution in [0, 0.1) is 5.92 Å². The van der Waals surface area contributed by atoms with Gasteiger partial charge >= 0.3 is 0 Å². The van der Waals surface area contributed by atoms with Gasteiger partial charge in [-0.2, -0.15) is 0 Å². The van der Waals surface area contributed by atoms with Crippen LogP contribution in [0.5, 0.6) is 5.75 Å². The van der Waals surface area contributed by atoms with E-state index < -0.39 is 0 Å². The molecule has 1 heterocycles. The number of hydrogen-bond donors (Lipinski definition) is 1. The molecule has 13 heavy (non-hydrogen) atoms. The van der Waals surface area contributed by atoms with E-state index in [4.69, 9.17) is 4.74 Å². The maximum Gasteiger partial charge on any atom is 0.119 e. The first kappa shape index (κ1) is 10.1. The predicted octanol–water partition coefficient (Wildman–Crippen LogP) is 1.92. The molecule has 2 heteroatoms. The second-order valence-electron chi connectivity index (χ2n) is 3.15. The molecule has 0 radical (unpaired) electrons. The third kappa shape index (κ3) is 2.74. The van der Waals surface area contributed by atoms with E-state index in [1.807, 2.05) is 30.3 Å². The Labute approximate surface area is 79.9 Å². The molecule has 0 atom stereocenters. The smallest absolute Gasteiger partial charge is 0.119 e. The van der Waals surface area contributed by atoms with Gasteiger partial charge in [0.25, 0.3) is 0 Å². The highest BCUT2D eigenvalue weighted by Crippen LogP contribution is 2.11. The molecule has 0 unspecified atom stereocenters. The highest BCUT2D eigenvalue weighted by Gasteiger charge is 2.16. The van der Waals surface area contributed by atoms with Gasteiger partial charge in [-0.3, -0.25) is 0 Å². The molecule has 2 rings (SSSR count). The Morgan fingerprint density at radius 1 is 1.23 bits per heavy atom. The van der Waals surface area contributed by atoms with Gasteiger partial charge in [-0.05, 0) is 12.1 Å². The van der Waals surface area contributed by atoms with Crippen LogP contribution in [0.25, 0.3) is 0 Å². The first-order valence-electron chi connectivity index (χ1n) is 4.34. The Balaban J connectivity index is 0.000000845. The van der Waals surface area contributed by atoms with Crippen molar-refractivity contribution in [3.8, 4) is 5.75 Å². The Kier molecular flexibility index (Phi) is 3.77. The zero-order chi connectivity index (χ0) is 8.23. The maximum atomic E-state index is 5.57. The Morgan fingerprint density at radius 2 is 1.92 bits per heavy atom. The molecule has 0 aromatic heterocycles. The van der Waals surface area contributed by atoms with Crippen molar-refractivity contribution in [2.45, 2.75) is 7.43 Å². The summed E-state index contributed by atoms with van der Waals surface area (Å²) in [5, 5.41) is 3.22. The van der Waals surface area contributed by atoms with Gasteiger partial charge in [-0.15, -0.1) is 0 Å². The highest BCUT2D eigenvalue weighted by molar-refractivity contribution is 5.20. The lowest BCUT2D eigenvalue weighted by Gasteiger charge is -2.26. The molecule has 0 aliphatic carbocycles. The molecule has 1 fully saturated rings. The van der Waals surface area contributed by atoms with Crippen LogP contribution >= 0.6 is 0 Å². The number of hydrogen-bond acceptors (Lipinski definition) is 2. The Morgan fingerprint density at radius 3 is 2.46 bits per heavy atom. The van der Waals surface area contributed by atoms with Gasteiger partial charge in [0.05, 0.1) is 6.61 Å². The predicted molar refractivity (Wildman–Crippen MR) is 55.0 cm³/mol. The van der Waals surface area contributed by atoms with Crippen molar-refractivity contribution in [1.29, 1.82) is 0 Å². The molecular weight excluding hydrogens is 162 g/mol. The summed E-state index contributed by atoms with van der Waals surface area (Å²) < 4.78 is 5.57. The van der Waals surface area contributed by atoms with Gasteiger partial charge < -0.3 is 10.1 Å². The van der Waals surface area contributed by atoms with Crippen LogP contribution in [-0.4, -0.2) is 19.7 Å². The second kappa shape index (κ2) is 4.87. The molecule has 1 aliphatic rings. The fourth-order valence-corrected chi connectivity index (χ4v) is 1.20. The van der Waals surface area contributed by atoms with E-state index in [0.717, 1.165) is 25.4 Å². The van der Waals surface area contributed by atoms with Crippen LogP contribution in [0.2, 0.25) is 0 Å². The van der Waals surface area contributed by atoms with Crippen LogP contribution in [0.4, 0.5) is 0 Å². The third-order valence-corrected chi connectivity index (χ3v) is 2.09. The summed E-state index contributed by atoms with van der Waals surface area (Å²) in [5.41, 5.74) is 0. The summed E-state index contributed by atoms with van der Waals surface area (Å²) in [7, 11) is 0. The number of para-hydroxylation sites is 1. The molecule has 0 spiro atoms. The standard InChI is InChI=1S/C10H13NO.CH4/c1-2-4-10(5-3-1)12-8-9-6-11-7-9;/h1-5,9,11H,6-8H2;1H4. The molecule has 1 aromatic rings. The number of nitrogens with one attached hydrogen (secondary N) is 1. The molecule has 1 saturated heterocycles. The van der Waals surface area contributed by atoms with Crippen LogP contribution in [0.1, 0.15) is 7.43 Å². The summed E-state index contributed by atoms with van der Waals surface area (Å²) in [6, 6.07) is 9.97. The zero-order valence-corrected chi connectivity index (χ0v) is 6.99. The summed E-state index contributed by atoms with van der Waals surface area (Å²) in [5.74, 6) is 1.69. The zero-order valence-electron chi connectivity index (χ0n) is 6.99. The van der Waals surface area contributed by atoms with Gasteiger partial charge in [0.2, 0.25) is 0 Å². The van der Waals surface area contributed by atoms with E-state index in [1.165, 1.54) is 0 Å². The van der Waals surface area contributed by atoms with E-state index in [0.29, 0.717) is 5.92 Å². The monoisotopic (exact) mass is 179 g/mol. The lowest BCUT2D eigenvalue weighted by Crippen LogP contribution is -2.45. The number of rotatable bonds is 3. The summed E-state index contributed by atoms with van der Waals surface area (Å²) >= 11 is 0. The first-order chi connectivity index (χ1) is 5.95. The summed E-state index contributed by atoms with van der Waals surface area (Å²) in [4.78, 5) is 0. The molecule has 1 N–H and O–H groups in total. The van der Waals surface area contributed by atoms with Gasteiger partial charge in [-0.25, -0.2) is 0 Å². The molecule has 0 saturated carbocycles. The van der Waals surface area contributed by atoms with E-state index in [1.54, 1.807) is 0 Å². The highest BCUT2D eigenvalue weighted by atomic mass is 16.5. The molecule has 0 amide bonds. The second-order valence-corrected chi connectivity index (χ2v) is 3.15. The van der Waals surface area contributed by atoms with Crippen LogP contribution in [-0.2, 0) is 0 Å². The van der Waals surface area contributed by atoms with Crippen molar-refractivity contribution in [3.63, 3.8) is 0 Å². The molecule has 72 valence electrons. The minimum Gasteiger partial charge on any atom is -0.493 e. The summed E-state index contributed by atoms with van der Waals surface area (Å²) in [6.45, 7) is 3.05. The average molecular weight is 179 g/mol. The van der Waals surface area contributed by atoms with E-state index in [2.05, 4.69) is 5.32 Å². The molecule has 2 nitrogen and oxygen atoms in total. The Bertz CT molecular complexity index is 231. The van der Waals surface area contributed by atoms with Crippen molar-refractivity contribution < 1.29 is 4.74 Å². The number of ether oxygens (including phenoxy) is 1. The average Bonchev–Trinajstić information content (AvgIpc) is 2.04. The molecule has 0 bridgehead atoms. The van der Waals surface area contributed by atoms with Gasteiger partial charge in [0, 0.05) is 19.0 Å². The first-order valence-corrected chi connectivity index (χ1v) is 4.34. The minimum absolute atomic E-state index is 0. The van der Waals surface area contributed by atoms with Crippen LogP contribution in [0.3, 0.4) is 0 Å². The third-order valence-electron chi connectivity index (χ3n) is 2.09. The van der Waals surface area contributed by atoms with Crippen molar-refractivity contribution in [1.82, 2.24) is 5.32 Å². The lowest BCUT2D eigenvalue weighted by molar-refractivity contribution is 0.199. The fourth-order valence-electron chi connectivity index (χ4n) is 1.20. The van der Waals surface area contributed by atoms with Crippen LogP contribution in [0.15, 0.2) is 30.3 Å². The largest absolute Gasteiger partial charge is 0.493 e. The quantitative estimate of drug-likeness (QED) is 0.765. The number of benzene rings is 1. The maximum absolute atomic E-state index is 5.57. The van der Waals surface area contributed by atoms with Crippen molar-refractivity contribution in [3.05, 3.63) is 30.3 Å². The Hall–Kier alpha value is -1.02. The van der Waals surface area contributed by atoms with Crippen molar-refractivity contribution >= 4 is 0 Å². The van der Waals surface area contributed by atoms with Crippen molar-refractivity contribution in [2.75, 3.05) is 19.7 Å². The van der Waals surface area contributed by atoms with Gasteiger partial charge in [-0.1, -0.05) is 25.6 Å². The van der Waals surface area contributed by atoms with E-state index in [-0.39, 0.29) is 7.43 Å².